The van der Waals surface area contributed by atoms with Crippen LogP contribution >= 0.6 is 11.8 Å². The van der Waals surface area contributed by atoms with Crippen LogP contribution in [0.25, 0.3) is 10.9 Å². The lowest BCUT2D eigenvalue weighted by Gasteiger charge is -2.31. The van der Waals surface area contributed by atoms with Crippen LogP contribution in [0.1, 0.15) is 24.5 Å². The van der Waals surface area contributed by atoms with Crippen molar-refractivity contribution in [3.63, 3.8) is 0 Å². The first-order valence-electron chi connectivity index (χ1n) is 8.83. The van der Waals surface area contributed by atoms with Gasteiger partial charge in [0.2, 0.25) is 5.91 Å². The Bertz CT molecular complexity index is 817. The molecule has 1 aromatic heterocycles. The van der Waals surface area contributed by atoms with Crippen molar-refractivity contribution in [3.8, 4) is 0 Å². The number of likely N-dealkylation sites (tertiary alicyclic amines) is 1. The number of hydrogen-bond donors (Lipinski definition) is 1. The number of carbonyl (C=O) groups is 1. The van der Waals surface area contributed by atoms with Crippen LogP contribution in [-0.4, -0.2) is 34.6 Å². The normalized spacial score (nSPS) is 15.6. The number of carbonyl (C=O) groups excluding carboxylic acids is 1. The summed E-state index contributed by atoms with van der Waals surface area (Å²) in [7, 11) is 0. The number of aromatic amines is 1. The maximum atomic E-state index is 12.5. The lowest BCUT2D eigenvalue weighted by atomic mass is 9.93. The average Bonchev–Trinajstić information content (AvgIpc) is 3.11. The molecule has 4 rings (SSSR count). The van der Waals surface area contributed by atoms with Crippen LogP contribution in [0.2, 0.25) is 0 Å². The summed E-state index contributed by atoms with van der Waals surface area (Å²) in [6, 6.07) is 20.8. The van der Waals surface area contributed by atoms with Gasteiger partial charge in [0.1, 0.15) is 0 Å². The van der Waals surface area contributed by atoms with E-state index in [1.165, 1.54) is 16.6 Å². The van der Waals surface area contributed by atoms with E-state index in [0.717, 1.165) is 30.8 Å². The summed E-state index contributed by atoms with van der Waals surface area (Å²) >= 11 is 1.62. The van der Waals surface area contributed by atoms with Crippen LogP contribution in [0, 0.1) is 0 Å². The Morgan fingerprint density at radius 3 is 2.52 bits per heavy atom. The summed E-state index contributed by atoms with van der Waals surface area (Å²) in [5, 5.41) is 1.27. The number of nitrogens with zero attached hydrogens (tertiary/aromatic N) is 1. The highest BCUT2D eigenvalue weighted by molar-refractivity contribution is 8.00. The van der Waals surface area contributed by atoms with Gasteiger partial charge < -0.3 is 9.88 Å². The molecule has 2 aromatic carbocycles. The Morgan fingerprint density at radius 1 is 1.04 bits per heavy atom. The van der Waals surface area contributed by atoms with E-state index in [9.17, 15) is 4.79 Å². The van der Waals surface area contributed by atoms with Crippen molar-refractivity contribution in [1.29, 1.82) is 0 Å². The maximum absolute atomic E-state index is 12.5. The summed E-state index contributed by atoms with van der Waals surface area (Å²) in [5.74, 6) is 1.31. The average molecular weight is 350 g/mol. The molecular formula is C21H22N2OS. The molecule has 0 aliphatic carbocycles. The molecule has 4 heteroatoms. The number of para-hydroxylation sites is 1. The highest BCUT2D eigenvalue weighted by Crippen LogP contribution is 2.30. The van der Waals surface area contributed by atoms with Crippen LogP contribution in [0.5, 0.6) is 0 Å². The molecule has 0 spiro atoms. The predicted molar refractivity (Wildman–Crippen MR) is 104 cm³/mol. The SMILES string of the molecule is O=C(CSc1ccccc1)N1CCC(c2cc3ccccc3[nH]2)CC1. The van der Waals surface area contributed by atoms with E-state index in [1.54, 1.807) is 11.8 Å². The molecule has 1 aliphatic heterocycles. The van der Waals surface area contributed by atoms with Gasteiger partial charge in [-0.1, -0.05) is 36.4 Å². The zero-order chi connectivity index (χ0) is 17.1. The van der Waals surface area contributed by atoms with Crippen LogP contribution < -0.4 is 0 Å². The molecule has 1 fully saturated rings. The minimum Gasteiger partial charge on any atom is -0.358 e. The zero-order valence-corrected chi connectivity index (χ0v) is 15.0. The summed E-state index contributed by atoms with van der Waals surface area (Å²) in [6.07, 6.45) is 2.07. The number of H-pyrrole nitrogens is 1. The Morgan fingerprint density at radius 2 is 1.76 bits per heavy atom. The molecule has 1 aliphatic rings. The van der Waals surface area contributed by atoms with Crippen LogP contribution in [-0.2, 0) is 4.79 Å². The van der Waals surface area contributed by atoms with Gasteiger partial charge in [0.05, 0.1) is 5.75 Å². The van der Waals surface area contributed by atoms with Gasteiger partial charge in [0, 0.05) is 35.1 Å². The van der Waals surface area contributed by atoms with Gasteiger partial charge in [-0.05, 0) is 42.5 Å². The fourth-order valence-corrected chi connectivity index (χ4v) is 4.33. The van der Waals surface area contributed by atoms with Crippen LogP contribution in [0.4, 0.5) is 0 Å². The van der Waals surface area contributed by atoms with Gasteiger partial charge in [0.15, 0.2) is 0 Å². The molecule has 3 nitrogen and oxygen atoms in total. The molecule has 0 atom stereocenters. The molecule has 3 aromatic rings. The summed E-state index contributed by atoms with van der Waals surface area (Å²) in [4.78, 5) is 19.2. The van der Waals surface area contributed by atoms with Crippen molar-refractivity contribution < 1.29 is 4.79 Å². The second-order valence-electron chi connectivity index (χ2n) is 6.57. The second kappa shape index (κ2) is 7.36. The third-order valence-electron chi connectivity index (χ3n) is 4.94. The standard InChI is InChI=1S/C21H22N2OS/c24-21(15-25-18-7-2-1-3-8-18)23-12-10-16(11-13-23)20-14-17-6-4-5-9-19(17)22-20/h1-9,14,16,22H,10-13,15H2. The second-order valence-corrected chi connectivity index (χ2v) is 7.62. The fourth-order valence-electron chi connectivity index (χ4n) is 3.51. The molecule has 2 heterocycles. The van der Waals surface area contributed by atoms with E-state index in [4.69, 9.17) is 0 Å². The number of hydrogen-bond acceptors (Lipinski definition) is 2. The van der Waals surface area contributed by atoms with Crippen LogP contribution in [0.15, 0.2) is 65.6 Å². The Balaban J connectivity index is 1.32. The third kappa shape index (κ3) is 3.74. The number of fused-ring (bicyclic) bond motifs is 1. The predicted octanol–water partition coefficient (Wildman–Crippen LogP) is 4.67. The molecule has 0 saturated carbocycles. The summed E-state index contributed by atoms with van der Waals surface area (Å²) in [5.41, 5.74) is 2.52. The van der Waals surface area contributed by atoms with Crippen molar-refractivity contribution in [2.75, 3.05) is 18.8 Å². The van der Waals surface area contributed by atoms with Gasteiger partial charge in [-0.15, -0.1) is 11.8 Å². The summed E-state index contributed by atoms with van der Waals surface area (Å²) in [6.45, 7) is 1.71. The maximum Gasteiger partial charge on any atom is 0.232 e. The largest absolute Gasteiger partial charge is 0.358 e. The number of amides is 1. The van der Waals surface area contributed by atoms with Crippen LogP contribution in [0.3, 0.4) is 0 Å². The first kappa shape index (κ1) is 16.3. The van der Waals surface area contributed by atoms with E-state index < -0.39 is 0 Å². The molecule has 128 valence electrons. The topological polar surface area (TPSA) is 36.1 Å². The minimum atomic E-state index is 0.254. The highest BCUT2D eigenvalue weighted by Gasteiger charge is 2.24. The zero-order valence-electron chi connectivity index (χ0n) is 14.2. The Kier molecular flexibility index (Phi) is 4.79. The van der Waals surface area contributed by atoms with E-state index in [-0.39, 0.29) is 5.91 Å². The van der Waals surface area contributed by atoms with E-state index in [2.05, 4.69) is 47.4 Å². The number of benzene rings is 2. The van der Waals surface area contributed by atoms with Gasteiger partial charge >= 0.3 is 0 Å². The third-order valence-corrected chi connectivity index (χ3v) is 5.94. The van der Waals surface area contributed by atoms with Crippen molar-refractivity contribution in [3.05, 3.63) is 66.4 Å². The molecule has 0 radical (unpaired) electrons. The smallest absolute Gasteiger partial charge is 0.232 e. The van der Waals surface area contributed by atoms with Crippen molar-refractivity contribution in [2.45, 2.75) is 23.7 Å². The number of nitrogens with one attached hydrogen (secondary N) is 1. The first-order chi connectivity index (χ1) is 12.3. The number of rotatable bonds is 4. The Labute approximate surface area is 152 Å². The van der Waals surface area contributed by atoms with Crippen molar-refractivity contribution in [2.24, 2.45) is 0 Å². The van der Waals surface area contributed by atoms with Gasteiger partial charge in [-0.25, -0.2) is 0 Å². The van der Waals surface area contributed by atoms with Crippen molar-refractivity contribution in [1.82, 2.24) is 9.88 Å². The number of piperidine rings is 1. The number of thioether (sulfide) groups is 1. The van der Waals surface area contributed by atoms with Crippen molar-refractivity contribution >= 4 is 28.6 Å². The van der Waals surface area contributed by atoms with E-state index >= 15 is 0 Å². The fraction of sp³-hybridized carbons (Fsp3) is 0.286. The monoisotopic (exact) mass is 350 g/mol. The van der Waals surface area contributed by atoms with Gasteiger partial charge in [0.25, 0.3) is 0 Å². The van der Waals surface area contributed by atoms with E-state index in [0.29, 0.717) is 11.7 Å². The lowest BCUT2D eigenvalue weighted by molar-refractivity contribution is -0.129. The lowest BCUT2D eigenvalue weighted by Crippen LogP contribution is -2.39. The quantitative estimate of drug-likeness (QED) is 0.694. The summed E-state index contributed by atoms with van der Waals surface area (Å²) < 4.78 is 0. The molecule has 1 saturated heterocycles. The molecule has 0 unspecified atom stereocenters. The van der Waals surface area contributed by atoms with E-state index in [1.807, 2.05) is 23.1 Å². The molecule has 1 amide bonds. The Hall–Kier alpha value is -2.20. The van der Waals surface area contributed by atoms with Gasteiger partial charge in [-0.3, -0.25) is 4.79 Å². The highest BCUT2D eigenvalue weighted by atomic mass is 32.2. The van der Waals surface area contributed by atoms with Gasteiger partial charge in [-0.2, -0.15) is 0 Å². The first-order valence-corrected chi connectivity index (χ1v) is 9.81. The number of aromatic nitrogens is 1. The molecule has 1 N–H and O–H groups in total. The minimum absolute atomic E-state index is 0.254. The molecule has 0 bridgehead atoms. The molecular weight excluding hydrogens is 328 g/mol. The molecule has 25 heavy (non-hydrogen) atoms.